The number of anilines is 1. The van der Waals surface area contributed by atoms with Crippen LogP contribution in [0, 0.1) is 11.8 Å². The molecule has 1 aliphatic carbocycles. The molecule has 4 bridgehead atoms. The Kier molecular flexibility index (Phi) is 20.2. The van der Waals surface area contributed by atoms with Crippen LogP contribution in [0.1, 0.15) is 65.4 Å². The summed E-state index contributed by atoms with van der Waals surface area (Å²) in [5.74, 6) is -1.81. The summed E-state index contributed by atoms with van der Waals surface area (Å²) in [6, 6.07) is 2.47. The Bertz CT molecular complexity index is 2510. The Hall–Kier alpha value is -5.92. The van der Waals surface area contributed by atoms with Crippen LogP contribution in [-0.2, 0) is 49.3 Å². The van der Waals surface area contributed by atoms with Crippen molar-refractivity contribution in [2.24, 2.45) is 11.8 Å². The van der Waals surface area contributed by atoms with Crippen LogP contribution in [0.5, 0.6) is 5.75 Å². The Morgan fingerprint density at radius 1 is 1.01 bits per heavy atom. The molecule has 3 saturated heterocycles. The van der Waals surface area contributed by atoms with Gasteiger partial charge in [-0.1, -0.05) is 97.0 Å². The lowest BCUT2D eigenvalue weighted by atomic mass is 9.83. The molecule has 74 heavy (non-hydrogen) atoms. The van der Waals surface area contributed by atoms with E-state index in [9.17, 15) is 33.9 Å². The number of carbonyl (C=O) groups is 6. The van der Waals surface area contributed by atoms with Crippen molar-refractivity contribution in [2.75, 3.05) is 57.8 Å². The average molecular weight is 1060 g/mol. The summed E-state index contributed by atoms with van der Waals surface area (Å²) in [4.78, 5) is 85.8. The fraction of sp³-hybridized carbons (Fsp3) is 0.491. The van der Waals surface area contributed by atoms with E-state index in [4.69, 9.17) is 35.3 Å². The van der Waals surface area contributed by atoms with Crippen LogP contribution in [0.4, 0.5) is 10.5 Å². The molecule has 4 aliphatic heterocycles. The topological polar surface area (TPSA) is 206 Å². The molecule has 0 aromatic heterocycles. The second kappa shape index (κ2) is 26.0. The van der Waals surface area contributed by atoms with E-state index in [-0.39, 0.29) is 53.7 Å². The lowest BCUT2D eigenvalue weighted by Gasteiger charge is -2.42. The van der Waals surface area contributed by atoms with Gasteiger partial charge < -0.3 is 48.8 Å². The maximum Gasteiger partial charge on any atom is 0.409 e. The summed E-state index contributed by atoms with van der Waals surface area (Å²) in [5.41, 5.74) is -0.437. The first-order valence-corrected chi connectivity index (χ1v) is 26.4. The van der Waals surface area contributed by atoms with E-state index >= 15 is 0 Å². The van der Waals surface area contributed by atoms with Gasteiger partial charge in [0, 0.05) is 70.4 Å². The number of allylic oxidation sites excluding steroid dienone is 14. The van der Waals surface area contributed by atoms with Crippen molar-refractivity contribution in [1.82, 2.24) is 20.4 Å². The number of thioether (sulfide) groups is 1. The number of nitrogens with one attached hydrogen (secondary N) is 2. The minimum absolute atomic E-state index is 0.0311. The second-order valence-corrected chi connectivity index (χ2v) is 20.9. The monoisotopic (exact) mass is 1060 g/mol. The lowest BCUT2D eigenvalue weighted by molar-refractivity contribution is -0.162. The van der Waals surface area contributed by atoms with E-state index in [1.807, 2.05) is 79.8 Å². The molecule has 5 amide bonds. The van der Waals surface area contributed by atoms with Gasteiger partial charge in [0.1, 0.15) is 40.7 Å². The van der Waals surface area contributed by atoms with Crippen LogP contribution in [0.2, 0.25) is 5.02 Å². The number of alkyl carbamates (subject to hydrolysis) is 1. The molecule has 0 unspecified atom stereocenters. The second-order valence-electron chi connectivity index (χ2n) is 19.4. The SMILES string of the molecule is COc1cc2cc(c1Cl)N(C)C(=O)C[C@H](OC(=O)[C@H](C)N(C)C(=O)CCSCC(=O)N1CCC(C(=O)NC3=C\C=C/C=C\C=C/C=C\C=C3)CC1)[C@]1(C)O[C@H]1[C@H](C)[C@@H]1C[C@@](O)(NC(=O)O1)[C@H](OC)/C=C/C=C(\C)C2. The Morgan fingerprint density at radius 2 is 1.69 bits per heavy atom. The molecule has 3 N–H and O–H groups in total. The number of esters is 1. The van der Waals surface area contributed by atoms with Crippen LogP contribution in [0.15, 0.2) is 108 Å². The van der Waals surface area contributed by atoms with Crippen molar-refractivity contribution >= 4 is 64.7 Å². The van der Waals surface area contributed by atoms with E-state index in [0.29, 0.717) is 55.2 Å². The van der Waals surface area contributed by atoms with Crippen molar-refractivity contribution in [1.29, 1.82) is 0 Å². The van der Waals surface area contributed by atoms with Gasteiger partial charge in [0.15, 0.2) is 5.72 Å². The number of aliphatic hydroxyl groups is 1. The number of rotatable bonds is 12. The third kappa shape index (κ3) is 14.7. The van der Waals surface area contributed by atoms with Gasteiger partial charge in [0.25, 0.3) is 0 Å². The molecule has 0 saturated carbocycles. The van der Waals surface area contributed by atoms with Crippen LogP contribution in [-0.4, -0.2) is 145 Å². The van der Waals surface area contributed by atoms with Crippen molar-refractivity contribution in [3.8, 4) is 5.75 Å². The molecule has 0 spiro atoms. The van der Waals surface area contributed by atoms with Gasteiger partial charge in [-0.05, 0) is 69.9 Å². The fourth-order valence-electron chi connectivity index (χ4n) is 9.35. The molecule has 17 nitrogen and oxygen atoms in total. The number of likely N-dealkylation sites (N-methyl/N-ethyl adjacent to an activating group) is 1. The van der Waals surface area contributed by atoms with E-state index in [2.05, 4.69) is 10.6 Å². The minimum Gasteiger partial charge on any atom is -0.495 e. The van der Waals surface area contributed by atoms with Gasteiger partial charge in [-0.2, -0.15) is 11.8 Å². The zero-order valence-electron chi connectivity index (χ0n) is 43.4. The Morgan fingerprint density at radius 3 is 2.36 bits per heavy atom. The number of nitrogens with zero attached hydrogens (tertiary/aromatic N) is 3. The maximum atomic E-state index is 14.4. The van der Waals surface area contributed by atoms with Gasteiger partial charge in [-0.15, -0.1) is 0 Å². The number of methoxy groups -OCH3 is 2. The number of carbonyl (C=O) groups excluding carboxylic acids is 6. The molecule has 1 aromatic rings. The molecular formula is C55H70ClN5O12S. The first-order valence-electron chi connectivity index (χ1n) is 24.8. The number of halogens is 1. The summed E-state index contributed by atoms with van der Waals surface area (Å²) in [6.07, 6.45) is 22.3. The third-order valence-electron chi connectivity index (χ3n) is 14.1. The predicted octanol–water partition coefficient (Wildman–Crippen LogP) is 6.67. The highest BCUT2D eigenvalue weighted by atomic mass is 35.5. The molecule has 19 heteroatoms. The highest BCUT2D eigenvalue weighted by molar-refractivity contribution is 7.99. The van der Waals surface area contributed by atoms with Gasteiger partial charge in [-0.3, -0.25) is 24.5 Å². The van der Waals surface area contributed by atoms with Gasteiger partial charge >= 0.3 is 12.1 Å². The molecule has 1 aromatic carbocycles. The van der Waals surface area contributed by atoms with Crippen molar-refractivity contribution in [2.45, 2.75) is 108 Å². The summed E-state index contributed by atoms with van der Waals surface area (Å²) < 4.78 is 29.5. The summed E-state index contributed by atoms with van der Waals surface area (Å²) in [5, 5.41) is 17.6. The molecule has 4 heterocycles. The van der Waals surface area contributed by atoms with Gasteiger partial charge in [0.05, 0.1) is 31.1 Å². The third-order valence-corrected chi connectivity index (χ3v) is 15.5. The molecular weight excluding hydrogens is 990 g/mol. The lowest BCUT2D eigenvalue weighted by Crippen LogP contribution is -2.63. The van der Waals surface area contributed by atoms with E-state index in [1.165, 1.54) is 49.8 Å². The number of epoxide rings is 1. The van der Waals surface area contributed by atoms with Crippen molar-refractivity contribution < 1.29 is 57.6 Å². The molecule has 400 valence electrons. The highest BCUT2D eigenvalue weighted by Crippen LogP contribution is 2.49. The summed E-state index contributed by atoms with van der Waals surface area (Å²) in [6.45, 7) is 7.80. The number of hydrogen-bond donors (Lipinski definition) is 3. The van der Waals surface area contributed by atoms with Crippen LogP contribution < -0.4 is 20.3 Å². The molecule has 5 aliphatic rings. The fourth-order valence-corrected chi connectivity index (χ4v) is 10.5. The molecule has 6 rings (SSSR count). The number of piperidine rings is 1. The van der Waals surface area contributed by atoms with Crippen LogP contribution >= 0.6 is 23.4 Å². The van der Waals surface area contributed by atoms with E-state index in [1.54, 1.807) is 50.1 Å². The number of hydrogen-bond acceptors (Lipinski definition) is 13. The minimum atomic E-state index is -1.87. The normalized spacial score (nSPS) is 29.9. The first kappa shape index (κ1) is 57.4. The zero-order valence-corrected chi connectivity index (χ0v) is 45.0. The number of ether oxygens (including phenoxy) is 5. The van der Waals surface area contributed by atoms with Crippen molar-refractivity contribution in [3.05, 3.63) is 119 Å². The van der Waals surface area contributed by atoms with Crippen molar-refractivity contribution in [3.63, 3.8) is 0 Å². The van der Waals surface area contributed by atoms with E-state index < -0.39 is 65.7 Å². The number of amides is 5. The van der Waals surface area contributed by atoms with E-state index in [0.717, 1.165) is 11.1 Å². The van der Waals surface area contributed by atoms with Gasteiger partial charge in [0.2, 0.25) is 23.6 Å². The Labute approximate surface area is 443 Å². The Balaban J connectivity index is 1.07. The van der Waals surface area contributed by atoms with Gasteiger partial charge in [-0.25, -0.2) is 9.59 Å². The summed E-state index contributed by atoms with van der Waals surface area (Å²) >= 11 is 8.13. The largest absolute Gasteiger partial charge is 0.495 e. The summed E-state index contributed by atoms with van der Waals surface area (Å²) in [7, 11) is 5.95. The zero-order chi connectivity index (χ0) is 53.7. The number of likely N-dealkylation sites (tertiary alicyclic amines) is 1. The highest BCUT2D eigenvalue weighted by Gasteiger charge is 2.64. The smallest absolute Gasteiger partial charge is 0.409 e. The average Bonchev–Trinajstić information content (AvgIpc) is 4.07. The molecule has 8 atom stereocenters. The predicted molar refractivity (Wildman–Crippen MR) is 284 cm³/mol. The van der Waals surface area contributed by atoms with Crippen LogP contribution in [0.3, 0.4) is 0 Å². The molecule has 3 fully saturated rings. The number of fused-ring (bicyclic) bond motifs is 5. The first-order chi connectivity index (χ1) is 35.3. The maximum absolute atomic E-state index is 14.4. The standard InChI is InChI=1S/C55H70ClN5O12S/c1-35-19-18-22-44(70-8)55(68)33-43(71-53(67)58-55)36(2)50-54(4,73-50)45(32-47(63)60(6)41-30-38(29-35)31-42(69-7)49(41)56)72-52(66)37(3)59(5)46(62)25-28-74-34-48(64)61-26-23-39(24-27-61)51(65)57-40-20-16-14-12-10-9-11-13-15-17-21-40/h9-22,30-31,36-37,39,43-45,50,68H,23-29,32-34H2,1-8H3,(H,57,65)(H,58,67)/b10-9-,11-9?,12-10?,13-11-,14-12-,15-13?,16-14?,17-15-,20-16?,21-17?,22-18+,35-19+,40-20?,40-21?/t36-,37+,43+,44-,45+,50+,54+,55+/m1/s1. The molecule has 0 radical (unpaired) electrons. The quantitative estimate of drug-likeness (QED) is 0.114. The van der Waals surface area contributed by atoms with Crippen LogP contribution in [0.25, 0.3) is 0 Å². The number of benzene rings is 1.